The minimum absolute atomic E-state index is 0.135. The third kappa shape index (κ3) is 4.78. The summed E-state index contributed by atoms with van der Waals surface area (Å²) in [6, 6.07) is 14.7. The van der Waals surface area contributed by atoms with Gasteiger partial charge < -0.3 is 15.0 Å². The number of amides is 1. The van der Waals surface area contributed by atoms with Gasteiger partial charge in [-0.05, 0) is 36.5 Å². The Balaban J connectivity index is 1.65. The van der Waals surface area contributed by atoms with E-state index in [4.69, 9.17) is 28.6 Å². The molecule has 28 heavy (non-hydrogen) atoms. The van der Waals surface area contributed by atoms with Crippen LogP contribution in [0.15, 0.2) is 54.9 Å². The highest BCUT2D eigenvalue weighted by Gasteiger charge is 2.14. The molecule has 9 heteroatoms. The van der Waals surface area contributed by atoms with Crippen LogP contribution in [0, 0.1) is 4.77 Å². The lowest BCUT2D eigenvalue weighted by Gasteiger charge is -2.14. The van der Waals surface area contributed by atoms with E-state index in [1.165, 1.54) is 0 Å². The van der Waals surface area contributed by atoms with Crippen molar-refractivity contribution in [3.63, 3.8) is 0 Å². The molecule has 7 nitrogen and oxygen atoms in total. The number of rotatable bonds is 7. The number of carbonyl (C=O) groups is 1. The molecule has 0 spiro atoms. The summed E-state index contributed by atoms with van der Waals surface area (Å²) in [4.78, 5) is 13.2. The van der Waals surface area contributed by atoms with E-state index in [2.05, 4.69) is 10.4 Å². The molecule has 1 amide bonds. The van der Waals surface area contributed by atoms with Gasteiger partial charge in [0.1, 0.15) is 12.1 Å². The molecule has 146 valence electrons. The summed E-state index contributed by atoms with van der Waals surface area (Å²) in [5, 5.41) is 7.68. The van der Waals surface area contributed by atoms with Crippen molar-refractivity contribution in [3.05, 3.63) is 64.7 Å². The number of hydrogen-bond donors (Lipinski definition) is 2. The SMILES string of the molecule is COc1cccc(-n2cnn(C[NH+](C)CC(=O)Nc3ccccc3Cl)c2=S)c1. The van der Waals surface area contributed by atoms with Crippen LogP contribution < -0.4 is 15.0 Å². The van der Waals surface area contributed by atoms with Gasteiger partial charge in [0, 0.05) is 6.07 Å². The van der Waals surface area contributed by atoms with Gasteiger partial charge in [0.25, 0.3) is 5.91 Å². The lowest BCUT2D eigenvalue weighted by atomic mass is 10.3. The van der Waals surface area contributed by atoms with Crippen LogP contribution in [-0.2, 0) is 11.5 Å². The number of benzene rings is 2. The van der Waals surface area contributed by atoms with Crippen molar-refractivity contribution >= 4 is 35.4 Å². The Labute approximate surface area is 173 Å². The number of quaternary nitrogens is 1. The van der Waals surface area contributed by atoms with Crippen molar-refractivity contribution in [1.82, 2.24) is 14.3 Å². The molecular formula is C19H21ClN5O2S+. The minimum atomic E-state index is -0.135. The maximum Gasteiger partial charge on any atom is 0.279 e. The number of methoxy groups -OCH3 is 1. The number of halogens is 1. The summed E-state index contributed by atoms with van der Waals surface area (Å²) in [7, 11) is 3.52. The molecule has 3 rings (SSSR count). The fourth-order valence-electron chi connectivity index (χ4n) is 2.73. The van der Waals surface area contributed by atoms with Crippen molar-refractivity contribution < 1.29 is 14.4 Å². The van der Waals surface area contributed by atoms with E-state index in [1.807, 2.05) is 43.4 Å². The fourth-order valence-corrected chi connectivity index (χ4v) is 3.17. The molecular weight excluding hydrogens is 398 g/mol. The maximum atomic E-state index is 12.3. The number of likely N-dealkylation sites (N-methyl/N-ethyl adjacent to an activating group) is 1. The maximum absolute atomic E-state index is 12.3. The van der Waals surface area contributed by atoms with Gasteiger partial charge in [-0.2, -0.15) is 9.78 Å². The zero-order valence-electron chi connectivity index (χ0n) is 15.6. The van der Waals surface area contributed by atoms with Gasteiger partial charge in [-0.15, -0.1) is 0 Å². The van der Waals surface area contributed by atoms with Crippen LogP contribution in [-0.4, -0.2) is 41.0 Å². The lowest BCUT2D eigenvalue weighted by molar-refractivity contribution is -0.895. The Morgan fingerprint density at radius 1 is 1.29 bits per heavy atom. The molecule has 3 aromatic rings. The van der Waals surface area contributed by atoms with E-state index in [0.29, 0.717) is 22.1 Å². The van der Waals surface area contributed by atoms with Crippen molar-refractivity contribution in [1.29, 1.82) is 0 Å². The summed E-state index contributed by atoms with van der Waals surface area (Å²) < 4.78 is 9.28. The molecule has 2 aromatic carbocycles. The highest BCUT2D eigenvalue weighted by Crippen LogP contribution is 2.20. The second-order valence-electron chi connectivity index (χ2n) is 6.30. The Hall–Kier alpha value is -2.68. The lowest BCUT2D eigenvalue weighted by Crippen LogP contribution is -3.09. The molecule has 0 saturated carbocycles. The van der Waals surface area contributed by atoms with Gasteiger partial charge in [0.05, 0.1) is 30.6 Å². The van der Waals surface area contributed by atoms with E-state index < -0.39 is 0 Å². The third-order valence-electron chi connectivity index (χ3n) is 4.09. The summed E-state index contributed by atoms with van der Waals surface area (Å²) in [5.41, 5.74) is 1.46. The molecule has 1 heterocycles. The molecule has 0 bridgehead atoms. The van der Waals surface area contributed by atoms with E-state index in [9.17, 15) is 4.79 Å². The van der Waals surface area contributed by atoms with Crippen LogP contribution >= 0.6 is 23.8 Å². The first kappa shape index (κ1) is 20.1. The molecule has 0 fully saturated rings. The van der Waals surface area contributed by atoms with Crippen molar-refractivity contribution in [2.24, 2.45) is 0 Å². The molecule has 1 atom stereocenters. The van der Waals surface area contributed by atoms with Gasteiger partial charge in [-0.25, -0.2) is 0 Å². The summed E-state index contributed by atoms with van der Waals surface area (Å²) in [6.45, 7) is 0.699. The number of hydrogen-bond acceptors (Lipinski definition) is 4. The third-order valence-corrected chi connectivity index (χ3v) is 4.83. The van der Waals surface area contributed by atoms with Crippen LogP contribution in [0.5, 0.6) is 5.75 Å². The summed E-state index contributed by atoms with van der Waals surface area (Å²) in [6.07, 6.45) is 1.66. The van der Waals surface area contributed by atoms with Crippen molar-refractivity contribution in [2.45, 2.75) is 6.67 Å². The van der Waals surface area contributed by atoms with Crippen LogP contribution in [0.25, 0.3) is 5.69 Å². The van der Waals surface area contributed by atoms with Crippen LogP contribution in [0.3, 0.4) is 0 Å². The van der Waals surface area contributed by atoms with Crippen molar-refractivity contribution in [3.8, 4) is 11.4 Å². The average molecular weight is 419 g/mol. The molecule has 0 aliphatic carbocycles. The Morgan fingerprint density at radius 3 is 2.82 bits per heavy atom. The van der Waals surface area contributed by atoms with Crippen LogP contribution in [0.1, 0.15) is 0 Å². The zero-order chi connectivity index (χ0) is 20.1. The van der Waals surface area contributed by atoms with E-state index in [0.717, 1.165) is 16.3 Å². The Bertz CT molecular complexity index is 1030. The number of aromatic nitrogens is 3. The number of nitrogens with zero attached hydrogens (tertiary/aromatic N) is 3. The van der Waals surface area contributed by atoms with Gasteiger partial charge in [-0.3, -0.25) is 9.36 Å². The Kier molecular flexibility index (Phi) is 6.45. The molecule has 1 aromatic heterocycles. The number of nitrogens with one attached hydrogen (secondary N) is 2. The number of para-hydroxylation sites is 1. The van der Waals surface area contributed by atoms with Gasteiger partial charge in [0.2, 0.25) is 4.77 Å². The van der Waals surface area contributed by atoms with Crippen LogP contribution in [0.2, 0.25) is 5.02 Å². The monoisotopic (exact) mass is 418 g/mol. The van der Waals surface area contributed by atoms with Gasteiger partial charge in [0.15, 0.2) is 13.2 Å². The quantitative estimate of drug-likeness (QED) is 0.577. The summed E-state index contributed by atoms with van der Waals surface area (Å²) in [5.74, 6) is 0.607. The molecule has 0 aliphatic heterocycles. The number of anilines is 1. The first-order valence-corrected chi connectivity index (χ1v) is 9.41. The topological polar surface area (TPSA) is 65.5 Å². The number of carbonyl (C=O) groups excluding carboxylic acids is 1. The first-order chi connectivity index (χ1) is 13.5. The standard InChI is InChI=1S/C19H20ClN5O2S/c1-23(11-18(26)22-17-9-4-3-8-16(17)20)13-25-19(28)24(12-21-25)14-6-5-7-15(10-14)27-2/h3-10,12H,11,13H2,1-2H3,(H,22,26)/p+1. The van der Waals surface area contributed by atoms with E-state index in [1.54, 1.807) is 34.8 Å². The second kappa shape index (κ2) is 9.01. The molecule has 2 N–H and O–H groups in total. The Morgan fingerprint density at radius 2 is 2.07 bits per heavy atom. The molecule has 0 aliphatic rings. The highest BCUT2D eigenvalue weighted by molar-refractivity contribution is 7.71. The van der Waals surface area contributed by atoms with Crippen LogP contribution in [0.4, 0.5) is 5.69 Å². The van der Waals surface area contributed by atoms with E-state index in [-0.39, 0.29) is 12.5 Å². The summed E-state index contributed by atoms with van der Waals surface area (Å²) >= 11 is 11.6. The second-order valence-corrected chi connectivity index (χ2v) is 7.08. The normalized spacial score (nSPS) is 11.8. The highest BCUT2D eigenvalue weighted by atomic mass is 35.5. The predicted octanol–water partition coefficient (Wildman–Crippen LogP) is 2.18. The smallest absolute Gasteiger partial charge is 0.279 e. The average Bonchev–Trinajstić information content (AvgIpc) is 3.04. The minimum Gasteiger partial charge on any atom is -0.497 e. The van der Waals surface area contributed by atoms with Gasteiger partial charge >= 0.3 is 0 Å². The van der Waals surface area contributed by atoms with Gasteiger partial charge in [-0.1, -0.05) is 29.8 Å². The molecule has 0 radical (unpaired) electrons. The largest absolute Gasteiger partial charge is 0.497 e. The molecule has 0 saturated heterocycles. The zero-order valence-corrected chi connectivity index (χ0v) is 17.1. The first-order valence-electron chi connectivity index (χ1n) is 8.62. The molecule has 1 unspecified atom stereocenters. The predicted molar refractivity (Wildman–Crippen MR) is 111 cm³/mol. The number of ether oxygens (including phenoxy) is 1. The fraction of sp³-hybridized carbons (Fsp3) is 0.211. The van der Waals surface area contributed by atoms with Crippen molar-refractivity contribution in [2.75, 3.05) is 26.0 Å². The van der Waals surface area contributed by atoms with E-state index >= 15 is 0 Å².